The second-order valence-corrected chi connectivity index (χ2v) is 15.2. The maximum Gasteiger partial charge on any atom is 0.0713 e. The largest absolute Gasteiger partial charge is 0.309 e. The maximum atomic E-state index is 2.53. The molecule has 1 aliphatic carbocycles. The Morgan fingerprint density at radius 2 is 0.776 bits per heavy atom. The lowest BCUT2D eigenvalue weighted by molar-refractivity contribution is 0.768. The molecule has 1 heteroatoms. The van der Waals surface area contributed by atoms with E-state index in [1.807, 2.05) is 0 Å². The first kappa shape index (κ1) is 33.8. The van der Waals surface area contributed by atoms with Gasteiger partial charge in [0.2, 0.25) is 0 Å². The van der Waals surface area contributed by atoms with Crippen LogP contribution in [0.5, 0.6) is 0 Å². The van der Waals surface area contributed by atoms with Crippen LogP contribution in [-0.2, 0) is 5.41 Å². The van der Waals surface area contributed by atoms with Gasteiger partial charge >= 0.3 is 0 Å². The van der Waals surface area contributed by atoms with Crippen molar-refractivity contribution in [1.29, 1.82) is 0 Å². The van der Waals surface area contributed by atoms with Crippen LogP contribution in [0.3, 0.4) is 0 Å². The lowest BCUT2D eigenvalue weighted by Gasteiger charge is -2.34. The van der Waals surface area contributed by atoms with Gasteiger partial charge in [-0.2, -0.15) is 0 Å². The summed E-state index contributed by atoms with van der Waals surface area (Å²) in [5, 5.41) is 4.91. The summed E-state index contributed by atoms with van der Waals surface area (Å²) in [6, 6.07) is 86.9. The molecule has 0 spiro atoms. The van der Waals surface area contributed by atoms with Gasteiger partial charge in [-0.3, -0.25) is 0 Å². The number of hydrogen-bond acceptors (Lipinski definition) is 1. The van der Waals surface area contributed by atoms with E-state index in [0.717, 1.165) is 17.1 Å². The maximum absolute atomic E-state index is 2.53. The predicted molar refractivity (Wildman–Crippen MR) is 244 cm³/mol. The van der Waals surface area contributed by atoms with Crippen LogP contribution in [0.1, 0.15) is 22.3 Å². The molecule has 0 fully saturated rings. The van der Waals surface area contributed by atoms with E-state index >= 15 is 0 Å². The number of benzene rings is 10. The molecule has 1 aliphatic rings. The fourth-order valence-electron chi connectivity index (χ4n) is 9.69. The summed E-state index contributed by atoms with van der Waals surface area (Å²) < 4.78 is 0. The zero-order valence-electron chi connectivity index (χ0n) is 32.0. The minimum atomic E-state index is -0.476. The van der Waals surface area contributed by atoms with Crippen LogP contribution in [-0.4, -0.2) is 0 Å². The van der Waals surface area contributed by atoms with E-state index in [-0.39, 0.29) is 0 Å². The number of anilines is 3. The van der Waals surface area contributed by atoms with Crippen LogP contribution < -0.4 is 4.90 Å². The Labute approximate surface area is 339 Å². The van der Waals surface area contributed by atoms with Crippen LogP contribution in [0, 0.1) is 0 Å². The summed E-state index contributed by atoms with van der Waals surface area (Å²) in [6.45, 7) is 0. The molecule has 0 saturated carbocycles. The van der Waals surface area contributed by atoms with Crippen molar-refractivity contribution in [1.82, 2.24) is 0 Å². The molecular formula is C57H39N. The zero-order valence-corrected chi connectivity index (χ0v) is 32.0. The fourth-order valence-corrected chi connectivity index (χ4v) is 9.69. The molecule has 0 bridgehead atoms. The quantitative estimate of drug-likeness (QED) is 0.147. The van der Waals surface area contributed by atoms with Gasteiger partial charge in [-0.1, -0.05) is 212 Å². The third-order valence-corrected chi connectivity index (χ3v) is 12.1. The molecule has 10 aromatic rings. The van der Waals surface area contributed by atoms with Crippen molar-refractivity contribution in [2.75, 3.05) is 4.90 Å². The summed E-state index contributed by atoms with van der Waals surface area (Å²) in [7, 11) is 0. The highest BCUT2D eigenvalue weighted by atomic mass is 15.1. The summed E-state index contributed by atoms with van der Waals surface area (Å²) >= 11 is 0. The normalized spacial score (nSPS) is 12.6. The fraction of sp³-hybridized carbons (Fsp3) is 0.0175. The van der Waals surface area contributed by atoms with Crippen molar-refractivity contribution < 1.29 is 0 Å². The lowest BCUT2D eigenvalue weighted by Crippen LogP contribution is -2.28. The van der Waals surface area contributed by atoms with E-state index in [4.69, 9.17) is 0 Å². The monoisotopic (exact) mass is 737 g/mol. The van der Waals surface area contributed by atoms with E-state index in [0.29, 0.717) is 0 Å². The van der Waals surface area contributed by atoms with Gasteiger partial charge in [-0.05, 0) is 90.5 Å². The molecule has 0 N–H and O–H groups in total. The topological polar surface area (TPSA) is 3.24 Å². The first-order valence-electron chi connectivity index (χ1n) is 20.1. The molecule has 0 unspecified atom stereocenters. The standard InChI is InChI=1S/C57H39N/c1-5-20-40(21-6-1)42-24-19-29-45(38-42)58(56-51-34-16-14-31-48(51)47-30-13-15-33-50(47)55(56)41-22-7-2-8-23-41)46-36-37-54-52(39-46)49-32-17-18-35-53(49)57(54,43-25-9-3-10-26-43)44-27-11-4-12-28-44/h1-39H. The van der Waals surface area contributed by atoms with E-state index in [2.05, 4.69) is 241 Å². The molecule has 0 atom stereocenters. The Hall–Kier alpha value is -7.48. The molecule has 0 saturated heterocycles. The third kappa shape index (κ3) is 5.25. The molecule has 0 aliphatic heterocycles. The van der Waals surface area contributed by atoms with Crippen molar-refractivity contribution in [2.45, 2.75) is 5.41 Å². The highest BCUT2D eigenvalue weighted by Gasteiger charge is 2.46. The second kappa shape index (κ2) is 13.9. The van der Waals surface area contributed by atoms with Crippen LogP contribution in [0.2, 0.25) is 0 Å². The molecule has 0 heterocycles. The van der Waals surface area contributed by atoms with Crippen molar-refractivity contribution in [2.24, 2.45) is 0 Å². The zero-order chi connectivity index (χ0) is 38.5. The number of hydrogen-bond donors (Lipinski definition) is 0. The smallest absolute Gasteiger partial charge is 0.0713 e. The minimum absolute atomic E-state index is 0.476. The summed E-state index contributed by atoms with van der Waals surface area (Å²) in [6.07, 6.45) is 0. The van der Waals surface area contributed by atoms with E-state index in [1.165, 1.54) is 77.2 Å². The van der Waals surface area contributed by atoms with Crippen LogP contribution >= 0.6 is 0 Å². The molecule has 0 radical (unpaired) electrons. The molecule has 0 amide bonds. The highest BCUT2D eigenvalue weighted by molar-refractivity contribution is 6.22. The van der Waals surface area contributed by atoms with Crippen LogP contribution in [0.15, 0.2) is 237 Å². The van der Waals surface area contributed by atoms with Crippen LogP contribution in [0.4, 0.5) is 17.1 Å². The van der Waals surface area contributed by atoms with Crippen molar-refractivity contribution in [3.63, 3.8) is 0 Å². The second-order valence-electron chi connectivity index (χ2n) is 15.2. The van der Waals surface area contributed by atoms with E-state index < -0.39 is 5.41 Å². The molecule has 0 aromatic heterocycles. The Morgan fingerprint density at radius 1 is 0.293 bits per heavy atom. The van der Waals surface area contributed by atoms with Gasteiger partial charge in [0.05, 0.1) is 11.1 Å². The predicted octanol–water partition coefficient (Wildman–Crippen LogP) is 15.2. The molecular weight excluding hydrogens is 699 g/mol. The Morgan fingerprint density at radius 3 is 1.45 bits per heavy atom. The first-order chi connectivity index (χ1) is 28.8. The van der Waals surface area contributed by atoms with Gasteiger partial charge in [0.15, 0.2) is 0 Å². The molecule has 10 aromatic carbocycles. The average Bonchev–Trinajstić information content (AvgIpc) is 3.61. The van der Waals surface area contributed by atoms with Crippen molar-refractivity contribution in [3.8, 4) is 33.4 Å². The van der Waals surface area contributed by atoms with Gasteiger partial charge in [-0.25, -0.2) is 0 Å². The van der Waals surface area contributed by atoms with Gasteiger partial charge in [0.1, 0.15) is 0 Å². The van der Waals surface area contributed by atoms with E-state index in [9.17, 15) is 0 Å². The van der Waals surface area contributed by atoms with Gasteiger partial charge in [0.25, 0.3) is 0 Å². The van der Waals surface area contributed by atoms with E-state index in [1.54, 1.807) is 0 Å². The van der Waals surface area contributed by atoms with Crippen molar-refractivity contribution in [3.05, 3.63) is 259 Å². The number of nitrogens with zero attached hydrogens (tertiary/aromatic N) is 1. The number of rotatable bonds is 7. The first-order valence-corrected chi connectivity index (χ1v) is 20.1. The Balaban J connectivity index is 1.26. The summed E-state index contributed by atoms with van der Waals surface area (Å²) in [5.41, 5.74) is 15.3. The highest BCUT2D eigenvalue weighted by Crippen LogP contribution is 2.58. The average molecular weight is 738 g/mol. The summed E-state index contributed by atoms with van der Waals surface area (Å²) in [4.78, 5) is 2.53. The number of fused-ring (bicyclic) bond motifs is 6. The minimum Gasteiger partial charge on any atom is -0.309 e. The third-order valence-electron chi connectivity index (χ3n) is 12.1. The molecule has 58 heavy (non-hydrogen) atoms. The summed E-state index contributed by atoms with van der Waals surface area (Å²) in [5.74, 6) is 0. The molecule has 11 rings (SSSR count). The SMILES string of the molecule is c1ccc(-c2cccc(N(c3ccc4c(c3)-c3ccccc3C4(c3ccccc3)c3ccccc3)c3c(-c4ccccc4)c4ccccc4c4ccccc34)c2)cc1. The van der Waals surface area contributed by atoms with Crippen molar-refractivity contribution >= 4 is 38.6 Å². The Kier molecular flexibility index (Phi) is 8.12. The van der Waals surface area contributed by atoms with Gasteiger partial charge < -0.3 is 4.90 Å². The molecule has 1 nitrogen and oxygen atoms in total. The molecule has 272 valence electrons. The Bertz CT molecular complexity index is 3060. The lowest BCUT2D eigenvalue weighted by atomic mass is 9.68. The van der Waals surface area contributed by atoms with Gasteiger partial charge in [0, 0.05) is 22.3 Å². The van der Waals surface area contributed by atoms with Crippen LogP contribution in [0.25, 0.3) is 54.9 Å². The van der Waals surface area contributed by atoms with Gasteiger partial charge in [-0.15, -0.1) is 0 Å².